The van der Waals surface area contributed by atoms with E-state index in [0.29, 0.717) is 0 Å². The van der Waals surface area contributed by atoms with Gasteiger partial charge in [0.1, 0.15) is 0 Å². The molecule has 3 fully saturated rings. The zero-order chi connectivity index (χ0) is 9.65. The van der Waals surface area contributed by atoms with Gasteiger partial charge >= 0.3 is 0 Å². The molecule has 1 atom stereocenters. The first-order valence-electron chi connectivity index (χ1n) is 6.49. The first-order chi connectivity index (χ1) is 6.79. The van der Waals surface area contributed by atoms with Crippen LogP contribution in [0.1, 0.15) is 57.8 Å². The highest BCUT2D eigenvalue weighted by atomic mass is 14.7. The van der Waals surface area contributed by atoms with E-state index in [-0.39, 0.29) is 0 Å². The standard InChI is InChI=1S/C13H23N/c14-10-11-9-13(11)7-5-12(6-8-13)3-1-2-4-12/h11H,1-10,14H2. The van der Waals surface area contributed by atoms with E-state index >= 15 is 0 Å². The van der Waals surface area contributed by atoms with Crippen molar-refractivity contribution in [3.05, 3.63) is 0 Å². The first-order valence-corrected chi connectivity index (χ1v) is 6.49. The summed E-state index contributed by atoms with van der Waals surface area (Å²) in [5.74, 6) is 0.904. The Kier molecular flexibility index (Phi) is 1.96. The van der Waals surface area contributed by atoms with E-state index in [9.17, 15) is 0 Å². The minimum absolute atomic E-state index is 0.753. The molecule has 14 heavy (non-hydrogen) atoms. The summed E-state index contributed by atoms with van der Waals surface area (Å²) in [7, 11) is 0. The van der Waals surface area contributed by atoms with Crippen molar-refractivity contribution in [1.82, 2.24) is 0 Å². The molecule has 3 aliphatic carbocycles. The fourth-order valence-electron chi connectivity index (χ4n) is 4.28. The Labute approximate surface area is 87.4 Å². The molecule has 1 heteroatoms. The van der Waals surface area contributed by atoms with Crippen LogP contribution in [0.25, 0.3) is 0 Å². The largest absolute Gasteiger partial charge is 0.330 e. The van der Waals surface area contributed by atoms with E-state index in [1.807, 2.05) is 0 Å². The summed E-state index contributed by atoms with van der Waals surface area (Å²) in [6.07, 6.45) is 13.6. The van der Waals surface area contributed by atoms with Crippen LogP contribution in [0.15, 0.2) is 0 Å². The highest BCUT2D eigenvalue weighted by molar-refractivity contribution is 5.07. The Morgan fingerprint density at radius 3 is 2.07 bits per heavy atom. The fourth-order valence-corrected chi connectivity index (χ4v) is 4.28. The van der Waals surface area contributed by atoms with Gasteiger partial charge in [-0.15, -0.1) is 0 Å². The van der Waals surface area contributed by atoms with Crippen molar-refractivity contribution < 1.29 is 0 Å². The van der Waals surface area contributed by atoms with E-state index in [4.69, 9.17) is 5.73 Å². The summed E-state index contributed by atoms with van der Waals surface area (Å²) in [5, 5.41) is 0. The van der Waals surface area contributed by atoms with E-state index in [2.05, 4.69) is 0 Å². The molecule has 3 aliphatic rings. The quantitative estimate of drug-likeness (QED) is 0.680. The van der Waals surface area contributed by atoms with Crippen molar-refractivity contribution >= 4 is 0 Å². The molecule has 1 nitrogen and oxygen atoms in total. The maximum absolute atomic E-state index is 5.78. The molecule has 80 valence electrons. The van der Waals surface area contributed by atoms with Gasteiger partial charge in [0, 0.05) is 0 Å². The fraction of sp³-hybridized carbons (Fsp3) is 1.00. The molecule has 0 aromatic heterocycles. The van der Waals surface area contributed by atoms with Crippen LogP contribution in [0.3, 0.4) is 0 Å². The zero-order valence-corrected chi connectivity index (χ0v) is 9.23. The van der Waals surface area contributed by atoms with E-state index in [1.165, 1.54) is 57.8 Å². The predicted molar refractivity (Wildman–Crippen MR) is 59.0 cm³/mol. The third-order valence-corrected chi connectivity index (χ3v) is 5.61. The monoisotopic (exact) mass is 193 g/mol. The number of rotatable bonds is 1. The molecule has 3 rings (SSSR count). The van der Waals surface area contributed by atoms with Gasteiger partial charge in [-0.1, -0.05) is 12.8 Å². The van der Waals surface area contributed by atoms with Crippen molar-refractivity contribution in [1.29, 1.82) is 0 Å². The lowest BCUT2D eigenvalue weighted by molar-refractivity contribution is 0.135. The molecule has 0 heterocycles. The van der Waals surface area contributed by atoms with Gasteiger partial charge in [-0.3, -0.25) is 0 Å². The van der Waals surface area contributed by atoms with Crippen LogP contribution in [0.5, 0.6) is 0 Å². The maximum Gasteiger partial charge on any atom is -0.00433 e. The zero-order valence-electron chi connectivity index (χ0n) is 9.23. The molecule has 0 aromatic carbocycles. The van der Waals surface area contributed by atoms with Gasteiger partial charge in [-0.25, -0.2) is 0 Å². The molecule has 3 saturated carbocycles. The summed E-state index contributed by atoms with van der Waals surface area (Å²) < 4.78 is 0. The molecule has 0 amide bonds. The second kappa shape index (κ2) is 2.98. The molecule has 0 aliphatic heterocycles. The van der Waals surface area contributed by atoms with E-state index < -0.39 is 0 Å². The molecule has 2 N–H and O–H groups in total. The van der Waals surface area contributed by atoms with Crippen molar-refractivity contribution in [2.24, 2.45) is 22.5 Å². The van der Waals surface area contributed by atoms with Crippen LogP contribution in [0, 0.1) is 16.7 Å². The van der Waals surface area contributed by atoms with E-state index in [0.717, 1.165) is 23.3 Å². The van der Waals surface area contributed by atoms with Crippen LogP contribution in [0.4, 0.5) is 0 Å². The summed E-state index contributed by atoms with van der Waals surface area (Å²) in [6.45, 7) is 0.951. The van der Waals surface area contributed by atoms with E-state index in [1.54, 1.807) is 0 Å². The minimum Gasteiger partial charge on any atom is -0.330 e. The molecule has 0 saturated heterocycles. The number of hydrogen-bond donors (Lipinski definition) is 1. The van der Waals surface area contributed by atoms with Gasteiger partial charge in [0.05, 0.1) is 0 Å². The van der Waals surface area contributed by atoms with Gasteiger partial charge in [0.25, 0.3) is 0 Å². The van der Waals surface area contributed by atoms with Gasteiger partial charge in [0.15, 0.2) is 0 Å². The van der Waals surface area contributed by atoms with Crippen LogP contribution >= 0.6 is 0 Å². The molecule has 2 spiro atoms. The predicted octanol–water partition coefficient (Wildman–Crippen LogP) is 3.09. The molecule has 0 radical (unpaired) electrons. The van der Waals surface area contributed by atoms with Crippen LogP contribution in [-0.4, -0.2) is 6.54 Å². The summed E-state index contributed by atoms with van der Waals surface area (Å²) >= 11 is 0. The molecule has 0 bridgehead atoms. The van der Waals surface area contributed by atoms with Crippen LogP contribution in [0.2, 0.25) is 0 Å². The van der Waals surface area contributed by atoms with Gasteiger partial charge in [-0.2, -0.15) is 0 Å². The normalized spacial score (nSPS) is 37.9. The Bertz CT molecular complexity index is 217. The number of hydrogen-bond acceptors (Lipinski definition) is 1. The smallest absolute Gasteiger partial charge is 0.00433 e. The SMILES string of the molecule is NCC1CC12CCC1(CCCC1)CC2. The van der Waals surface area contributed by atoms with Crippen molar-refractivity contribution in [2.45, 2.75) is 57.8 Å². The number of nitrogens with two attached hydrogens (primary N) is 1. The lowest BCUT2D eigenvalue weighted by atomic mass is 9.67. The van der Waals surface area contributed by atoms with Gasteiger partial charge in [-0.05, 0) is 68.2 Å². The Hall–Kier alpha value is -0.0400. The Morgan fingerprint density at radius 2 is 1.57 bits per heavy atom. The Balaban J connectivity index is 1.63. The Morgan fingerprint density at radius 1 is 0.929 bits per heavy atom. The highest BCUT2D eigenvalue weighted by Crippen LogP contribution is 2.65. The van der Waals surface area contributed by atoms with Crippen molar-refractivity contribution in [3.63, 3.8) is 0 Å². The third-order valence-electron chi connectivity index (χ3n) is 5.61. The topological polar surface area (TPSA) is 26.0 Å². The van der Waals surface area contributed by atoms with Gasteiger partial charge in [0.2, 0.25) is 0 Å². The summed E-state index contributed by atoms with van der Waals surface area (Å²) in [5.41, 5.74) is 7.35. The van der Waals surface area contributed by atoms with Crippen molar-refractivity contribution in [3.8, 4) is 0 Å². The first kappa shape index (κ1) is 9.21. The third kappa shape index (κ3) is 1.25. The van der Waals surface area contributed by atoms with Gasteiger partial charge < -0.3 is 5.73 Å². The highest BCUT2D eigenvalue weighted by Gasteiger charge is 2.56. The van der Waals surface area contributed by atoms with Crippen LogP contribution in [-0.2, 0) is 0 Å². The lowest BCUT2D eigenvalue weighted by Crippen LogP contribution is -2.27. The average molecular weight is 193 g/mol. The minimum atomic E-state index is 0.753. The summed E-state index contributed by atoms with van der Waals surface area (Å²) in [4.78, 5) is 0. The van der Waals surface area contributed by atoms with Crippen molar-refractivity contribution in [2.75, 3.05) is 6.54 Å². The second-order valence-corrected chi connectivity index (χ2v) is 6.21. The maximum atomic E-state index is 5.78. The molecular formula is C13H23N. The molecule has 0 aromatic rings. The van der Waals surface area contributed by atoms with Crippen LogP contribution < -0.4 is 5.73 Å². The average Bonchev–Trinajstić information content (AvgIpc) is 2.72. The molecular weight excluding hydrogens is 170 g/mol. The lowest BCUT2D eigenvalue weighted by Gasteiger charge is -2.38. The molecule has 1 unspecified atom stereocenters. The second-order valence-electron chi connectivity index (χ2n) is 6.21. The summed E-state index contributed by atoms with van der Waals surface area (Å²) in [6, 6.07) is 0.